The molecule has 0 unspecified atom stereocenters. The normalized spacial score (nSPS) is 15.7. The predicted molar refractivity (Wildman–Crippen MR) is 84.9 cm³/mol. The number of rotatable bonds is 3. The van der Waals surface area contributed by atoms with Crippen LogP contribution in [0, 0.1) is 17.6 Å². The van der Waals surface area contributed by atoms with Crippen LogP contribution in [-0.4, -0.2) is 23.9 Å². The van der Waals surface area contributed by atoms with E-state index in [1.54, 1.807) is 0 Å². The fourth-order valence-corrected chi connectivity index (χ4v) is 2.99. The molecule has 3 rings (SSSR count). The van der Waals surface area contributed by atoms with Gasteiger partial charge >= 0.3 is 0 Å². The highest BCUT2D eigenvalue weighted by atomic mass is 35.5. The van der Waals surface area contributed by atoms with Crippen LogP contribution in [0.15, 0.2) is 36.5 Å². The highest BCUT2D eigenvalue weighted by Crippen LogP contribution is 2.27. The largest absolute Gasteiger partial charge is 0.354 e. The lowest BCUT2D eigenvalue weighted by Crippen LogP contribution is -2.37. The van der Waals surface area contributed by atoms with Crippen LogP contribution in [0.5, 0.6) is 0 Å². The zero-order valence-corrected chi connectivity index (χ0v) is 13.1. The third-order valence-corrected chi connectivity index (χ3v) is 4.29. The van der Waals surface area contributed by atoms with Gasteiger partial charge in [0.1, 0.15) is 5.82 Å². The summed E-state index contributed by atoms with van der Waals surface area (Å²) in [7, 11) is 0. The van der Waals surface area contributed by atoms with Crippen LogP contribution < -0.4 is 4.90 Å². The summed E-state index contributed by atoms with van der Waals surface area (Å²) in [5.41, 5.74) is 0.514. The molecule has 1 aliphatic rings. The maximum Gasteiger partial charge on any atom is 0.167 e. The van der Waals surface area contributed by atoms with Gasteiger partial charge in [-0.1, -0.05) is 11.6 Å². The van der Waals surface area contributed by atoms with Crippen LogP contribution in [0.1, 0.15) is 23.2 Å². The van der Waals surface area contributed by atoms with Gasteiger partial charge < -0.3 is 4.90 Å². The van der Waals surface area contributed by atoms with E-state index in [2.05, 4.69) is 4.98 Å². The summed E-state index contributed by atoms with van der Waals surface area (Å²) in [6.07, 6.45) is 2.63. The number of benzene rings is 1. The number of pyridine rings is 1. The van der Waals surface area contributed by atoms with Crippen molar-refractivity contribution in [1.82, 2.24) is 4.98 Å². The topological polar surface area (TPSA) is 33.2 Å². The molecule has 1 fully saturated rings. The molecule has 1 saturated heterocycles. The van der Waals surface area contributed by atoms with Crippen molar-refractivity contribution in [2.24, 2.45) is 5.92 Å². The molecule has 0 N–H and O–H groups in total. The fraction of sp³-hybridized carbons (Fsp3) is 0.294. The number of halogens is 3. The van der Waals surface area contributed by atoms with Gasteiger partial charge in [-0.2, -0.15) is 0 Å². The summed E-state index contributed by atoms with van der Waals surface area (Å²) in [6.45, 7) is 1.09. The minimum atomic E-state index is -0.458. The van der Waals surface area contributed by atoms with Gasteiger partial charge in [0.25, 0.3) is 0 Å². The Labute approximate surface area is 137 Å². The van der Waals surface area contributed by atoms with Crippen molar-refractivity contribution in [2.45, 2.75) is 12.8 Å². The van der Waals surface area contributed by atoms with E-state index < -0.39 is 5.82 Å². The molecule has 1 aromatic carbocycles. The van der Waals surface area contributed by atoms with Gasteiger partial charge in [-0.3, -0.25) is 4.79 Å². The lowest BCUT2D eigenvalue weighted by molar-refractivity contribution is 0.0900. The van der Waals surface area contributed by atoms with Crippen molar-refractivity contribution >= 4 is 23.2 Å². The van der Waals surface area contributed by atoms with Crippen molar-refractivity contribution in [2.75, 3.05) is 18.0 Å². The summed E-state index contributed by atoms with van der Waals surface area (Å²) >= 11 is 5.71. The molecule has 0 atom stereocenters. The first-order chi connectivity index (χ1) is 11.0. The minimum Gasteiger partial charge on any atom is -0.354 e. The Morgan fingerprint density at radius 2 is 1.83 bits per heavy atom. The third-order valence-electron chi connectivity index (χ3n) is 4.08. The van der Waals surface area contributed by atoms with E-state index in [9.17, 15) is 13.6 Å². The lowest BCUT2D eigenvalue weighted by Gasteiger charge is -2.32. The number of nitrogens with zero attached hydrogens (tertiary/aromatic N) is 2. The van der Waals surface area contributed by atoms with E-state index in [0.29, 0.717) is 31.5 Å². The molecule has 0 aliphatic carbocycles. The van der Waals surface area contributed by atoms with Crippen molar-refractivity contribution in [1.29, 1.82) is 0 Å². The Balaban J connectivity index is 1.66. The Morgan fingerprint density at radius 1 is 1.17 bits per heavy atom. The number of Topliss-reactive ketones (excluding diaryl/α,β-unsaturated/α-hetero) is 1. The molecule has 3 nitrogen and oxygen atoms in total. The molecule has 2 aromatic rings. The monoisotopic (exact) mass is 336 g/mol. The number of carbonyl (C=O) groups excluding carboxylic acids is 1. The van der Waals surface area contributed by atoms with E-state index in [1.807, 2.05) is 4.90 Å². The maximum absolute atomic E-state index is 13.9. The van der Waals surface area contributed by atoms with Crippen LogP contribution in [0.2, 0.25) is 5.02 Å². The predicted octanol–water partition coefficient (Wildman–Crippen LogP) is 4.11. The zero-order chi connectivity index (χ0) is 16.4. The Kier molecular flexibility index (Phi) is 4.57. The first-order valence-corrected chi connectivity index (χ1v) is 7.78. The SMILES string of the molecule is O=C(c1ccc(F)cc1)C1CCN(c2ncc(Cl)cc2F)CC1. The lowest BCUT2D eigenvalue weighted by atomic mass is 9.89. The second-order valence-electron chi connectivity index (χ2n) is 5.59. The zero-order valence-electron chi connectivity index (χ0n) is 12.3. The summed E-state index contributed by atoms with van der Waals surface area (Å²) in [5, 5.41) is 0.257. The molecule has 0 amide bonds. The van der Waals surface area contributed by atoms with E-state index in [0.717, 1.165) is 0 Å². The number of hydrogen-bond donors (Lipinski definition) is 0. The number of carbonyl (C=O) groups is 1. The summed E-state index contributed by atoms with van der Waals surface area (Å²) in [6, 6.07) is 6.82. The molecular weight excluding hydrogens is 322 g/mol. The van der Waals surface area contributed by atoms with Crippen LogP contribution in [0.4, 0.5) is 14.6 Å². The fourth-order valence-electron chi connectivity index (χ4n) is 2.84. The smallest absolute Gasteiger partial charge is 0.167 e. The van der Waals surface area contributed by atoms with Crippen molar-refractivity contribution in [3.8, 4) is 0 Å². The van der Waals surface area contributed by atoms with E-state index in [4.69, 9.17) is 11.6 Å². The molecule has 0 saturated carbocycles. The molecule has 0 radical (unpaired) electrons. The van der Waals surface area contributed by atoms with Gasteiger partial charge in [0.15, 0.2) is 17.4 Å². The highest BCUT2D eigenvalue weighted by molar-refractivity contribution is 6.30. The first-order valence-electron chi connectivity index (χ1n) is 7.40. The number of hydrogen-bond acceptors (Lipinski definition) is 3. The standard InChI is InChI=1S/C17H15ClF2N2O/c18-13-9-15(20)17(21-10-13)22-7-5-12(6-8-22)16(23)11-1-3-14(19)4-2-11/h1-4,9-10,12H,5-8H2. The van der Waals surface area contributed by atoms with Gasteiger partial charge in [-0.15, -0.1) is 0 Å². The quantitative estimate of drug-likeness (QED) is 0.791. The summed E-state index contributed by atoms with van der Waals surface area (Å²) in [4.78, 5) is 18.3. The summed E-state index contributed by atoms with van der Waals surface area (Å²) in [5.74, 6) is -0.676. The Morgan fingerprint density at radius 3 is 2.43 bits per heavy atom. The van der Waals surface area contributed by atoms with Gasteiger partial charge in [0, 0.05) is 30.8 Å². The van der Waals surface area contributed by atoms with Crippen LogP contribution >= 0.6 is 11.6 Å². The Bertz CT molecular complexity index is 713. The minimum absolute atomic E-state index is 0.00851. The van der Waals surface area contributed by atoms with Gasteiger partial charge in [0.05, 0.1) is 5.02 Å². The van der Waals surface area contributed by atoms with Gasteiger partial charge in [0.2, 0.25) is 0 Å². The van der Waals surface area contributed by atoms with Gasteiger partial charge in [-0.25, -0.2) is 13.8 Å². The van der Waals surface area contributed by atoms with Gasteiger partial charge in [-0.05, 0) is 43.2 Å². The van der Waals surface area contributed by atoms with Crippen molar-refractivity contribution in [3.05, 3.63) is 58.7 Å². The average molecular weight is 337 g/mol. The number of piperidine rings is 1. The van der Waals surface area contributed by atoms with E-state index in [1.165, 1.54) is 36.5 Å². The van der Waals surface area contributed by atoms with E-state index >= 15 is 0 Å². The second-order valence-corrected chi connectivity index (χ2v) is 6.03. The van der Waals surface area contributed by atoms with Crippen LogP contribution in [0.25, 0.3) is 0 Å². The molecule has 0 spiro atoms. The molecule has 120 valence electrons. The summed E-state index contributed by atoms with van der Waals surface area (Å²) < 4.78 is 26.8. The molecule has 1 aliphatic heterocycles. The maximum atomic E-state index is 13.9. The van der Waals surface area contributed by atoms with Crippen molar-refractivity contribution < 1.29 is 13.6 Å². The molecule has 2 heterocycles. The first kappa shape index (κ1) is 15.9. The second kappa shape index (κ2) is 6.62. The average Bonchev–Trinajstić information content (AvgIpc) is 2.55. The third kappa shape index (κ3) is 3.50. The Hall–Kier alpha value is -2.01. The van der Waals surface area contributed by atoms with E-state index in [-0.39, 0.29) is 28.4 Å². The molecule has 6 heteroatoms. The molecular formula is C17H15ClF2N2O. The number of ketones is 1. The highest BCUT2D eigenvalue weighted by Gasteiger charge is 2.27. The molecule has 1 aromatic heterocycles. The van der Waals surface area contributed by atoms with Crippen LogP contribution in [-0.2, 0) is 0 Å². The number of aromatic nitrogens is 1. The van der Waals surface area contributed by atoms with Crippen molar-refractivity contribution in [3.63, 3.8) is 0 Å². The van der Waals surface area contributed by atoms with Crippen LogP contribution in [0.3, 0.4) is 0 Å². The molecule has 0 bridgehead atoms. The number of anilines is 1. The molecule has 23 heavy (non-hydrogen) atoms.